The second-order valence-corrected chi connectivity index (χ2v) is 5.45. The van der Waals surface area contributed by atoms with E-state index in [1.54, 1.807) is 48.5 Å². The highest BCUT2D eigenvalue weighted by molar-refractivity contribution is 6.21. The van der Waals surface area contributed by atoms with Gasteiger partial charge >= 0.3 is 0 Å². The number of amides is 3. The fourth-order valence-corrected chi connectivity index (χ4v) is 2.82. The lowest BCUT2D eigenvalue weighted by molar-refractivity contribution is -0.118. The summed E-state index contributed by atoms with van der Waals surface area (Å²) in [5.41, 5.74) is 6.95. The molecule has 0 aliphatic carbocycles. The van der Waals surface area contributed by atoms with E-state index in [2.05, 4.69) is 0 Å². The van der Waals surface area contributed by atoms with Gasteiger partial charge in [-0.25, -0.2) is 0 Å². The van der Waals surface area contributed by atoms with E-state index in [1.165, 1.54) is 0 Å². The van der Waals surface area contributed by atoms with Crippen LogP contribution in [0.15, 0.2) is 48.5 Å². The van der Waals surface area contributed by atoms with Crippen molar-refractivity contribution in [1.82, 2.24) is 4.90 Å². The number of imide groups is 1. The number of hydrogen-bond acceptors (Lipinski definition) is 4. The Morgan fingerprint density at radius 2 is 1.58 bits per heavy atom. The van der Waals surface area contributed by atoms with Crippen LogP contribution in [0.25, 0.3) is 0 Å². The maximum absolute atomic E-state index is 12.6. The van der Waals surface area contributed by atoms with Crippen LogP contribution in [0.3, 0.4) is 0 Å². The number of nitriles is 1. The van der Waals surface area contributed by atoms with Crippen molar-refractivity contribution in [2.45, 2.75) is 12.5 Å². The van der Waals surface area contributed by atoms with Crippen molar-refractivity contribution in [3.63, 3.8) is 0 Å². The number of fused-ring (bicyclic) bond motifs is 1. The number of primary amides is 1. The molecule has 2 aromatic rings. The van der Waals surface area contributed by atoms with E-state index in [4.69, 9.17) is 11.0 Å². The summed E-state index contributed by atoms with van der Waals surface area (Å²) in [6.07, 6.45) is -0.183. The Balaban J connectivity index is 2.04. The van der Waals surface area contributed by atoms with Gasteiger partial charge in [-0.2, -0.15) is 5.26 Å². The Bertz CT molecular complexity index is 846. The van der Waals surface area contributed by atoms with Gasteiger partial charge in [0.05, 0.1) is 35.2 Å². The molecule has 0 saturated carbocycles. The standard InChI is InChI=1S/C18H13N3O3/c19-10-11-5-7-12(8-6-11)15(9-16(20)22)21-17(23)13-3-1-2-4-14(13)18(21)24/h1-8,15H,9H2,(H2,20,22). The lowest BCUT2D eigenvalue weighted by Gasteiger charge is -2.25. The second kappa shape index (κ2) is 5.97. The quantitative estimate of drug-likeness (QED) is 0.867. The Labute approximate surface area is 138 Å². The minimum atomic E-state index is -0.803. The summed E-state index contributed by atoms with van der Waals surface area (Å²) in [4.78, 5) is 37.8. The third kappa shape index (κ3) is 2.52. The van der Waals surface area contributed by atoms with Crippen LogP contribution in [0.1, 0.15) is 44.3 Å². The average Bonchev–Trinajstić information content (AvgIpc) is 2.84. The van der Waals surface area contributed by atoms with Crippen LogP contribution in [-0.4, -0.2) is 22.6 Å². The first-order chi connectivity index (χ1) is 11.5. The van der Waals surface area contributed by atoms with Crippen molar-refractivity contribution < 1.29 is 14.4 Å². The van der Waals surface area contributed by atoms with Gasteiger partial charge in [-0.15, -0.1) is 0 Å². The largest absolute Gasteiger partial charge is 0.370 e. The first kappa shape index (κ1) is 15.4. The highest BCUT2D eigenvalue weighted by Gasteiger charge is 2.40. The predicted molar refractivity (Wildman–Crippen MR) is 84.7 cm³/mol. The van der Waals surface area contributed by atoms with Crippen molar-refractivity contribution >= 4 is 17.7 Å². The molecule has 2 N–H and O–H groups in total. The summed E-state index contributed by atoms with van der Waals surface area (Å²) < 4.78 is 0. The summed E-state index contributed by atoms with van der Waals surface area (Å²) in [6.45, 7) is 0. The van der Waals surface area contributed by atoms with E-state index in [0.717, 1.165) is 4.90 Å². The highest BCUT2D eigenvalue weighted by Crippen LogP contribution is 2.33. The molecule has 0 saturated heterocycles. The third-order valence-electron chi connectivity index (χ3n) is 3.96. The van der Waals surface area contributed by atoms with Crippen LogP contribution >= 0.6 is 0 Å². The average molecular weight is 319 g/mol. The SMILES string of the molecule is N#Cc1ccc(C(CC(N)=O)N2C(=O)c3ccccc3C2=O)cc1. The van der Waals surface area contributed by atoms with Crippen molar-refractivity contribution in [3.8, 4) is 6.07 Å². The molecule has 1 unspecified atom stereocenters. The van der Waals surface area contributed by atoms with E-state index in [-0.39, 0.29) is 6.42 Å². The maximum Gasteiger partial charge on any atom is 0.262 e. The monoisotopic (exact) mass is 319 g/mol. The minimum absolute atomic E-state index is 0.183. The summed E-state index contributed by atoms with van der Waals surface area (Å²) in [6, 6.07) is 14.1. The van der Waals surface area contributed by atoms with E-state index in [1.807, 2.05) is 6.07 Å². The number of hydrogen-bond donors (Lipinski definition) is 1. The van der Waals surface area contributed by atoms with Gasteiger partial charge in [0.1, 0.15) is 0 Å². The molecule has 1 aliphatic heterocycles. The molecular weight excluding hydrogens is 306 g/mol. The van der Waals surface area contributed by atoms with Crippen LogP contribution in [0, 0.1) is 11.3 Å². The van der Waals surface area contributed by atoms with E-state index < -0.39 is 23.8 Å². The molecule has 1 heterocycles. The number of benzene rings is 2. The molecule has 1 atom stereocenters. The van der Waals surface area contributed by atoms with E-state index in [0.29, 0.717) is 22.3 Å². The number of carbonyl (C=O) groups is 3. The minimum Gasteiger partial charge on any atom is -0.370 e. The van der Waals surface area contributed by atoms with Crippen LogP contribution in [0.5, 0.6) is 0 Å². The summed E-state index contributed by atoms with van der Waals surface area (Å²) in [5.74, 6) is -1.53. The van der Waals surface area contributed by atoms with E-state index >= 15 is 0 Å². The molecule has 0 spiro atoms. The Morgan fingerprint density at radius 3 is 2.04 bits per heavy atom. The molecule has 2 aromatic carbocycles. The number of nitrogens with two attached hydrogens (primary N) is 1. The van der Waals surface area contributed by atoms with Gasteiger partial charge in [-0.3, -0.25) is 19.3 Å². The zero-order valence-electron chi connectivity index (χ0n) is 12.6. The van der Waals surface area contributed by atoms with Crippen LogP contribution < -0.4 is 5.73 Å². The summed E-state index contributed by atoms with van der Waals surface area (Å²) >= 11 is 0. The second-order valence-electron chi connectivity index (χ2n) is 5.45. The van der Waals surface area contributed by atoms with Gasteiger partial charge in [0.15, 0.2) is 0 Å². The molecule has 0 aromatic heterocycles. The fourth-order valence-electron chi connectivity index (χ4n) is 2.82. The number of rotatable bonds is 4. The van der Waals surface area contributed by atoms with Crippen LogP contribution in [-0.2, 0) is 4.79 Å². The lowest BCUT2D eigenvalue weighted by atomic mass is 10.0. The van der Waals surface area contributed by atoms with E-state index in [9.17, 15) is 14.4 Å². The summed E-state index contributed by atoms with van der Waals surface area (Å²) in [5, 5.41) is 8.88. The normalized spacial score (nSPS) is 14.2. The van der Waals surface area contributed by atoms with Crippen LogP contribution in [0.2, 0.25) is 0 Å². The molecule has 3 amide bonds. The van der Waals surface area contributed by atoms with Crippen molar-refractivity contribution in [2.75, 3.05) is 0 Å². The topological polar surface area (TPSA) is 104 Å². The third-order valence-corrected chi connectivity index (χ3v) is 3.96. The van der Waals surface area contributed by atoms with Gasteiger partial charge in [-0.1, -0.05) is 24.3 Å². The Morgan fingerprint density at radius 1 is 1.04 bits per heavy atom. The Hall–Kier alpha value is -3.46. The summed E-state index contributed by atoms with van der Waals surface area (Å²) in [7, 11) is 0. The van der Waals surface area contributed by atoms with Gasteiger partial charge in [0, 0.05) is 0 Å². The molecule has 0 bridgehead atoms. The van der Waals surface area contributed by atoms with Crippen molar-refractivity contribution in [1.29, 1.82) is 5.26 Å². The molecule has 0 fully saturated rings. The predicted octanol–water partition coefficient (Wildman–Crippen LogP) is 1.77. The molecule has 24 heavy (non-hydrogen) atoms. The molecule has 0 radical (unpaired) electrons. The first-order valence-corrected chi connectivity index (χ1v) is 7.28. The van der Waals surface area contributed by atoms with Gasteiger partial charge in [0.25, 0.3) is 11.8 Å². The van der Waals surface area contributed by atoms with Gasteiger partial charge < -0.3 is 5.73 Å². The highest BCUT2D eigenvalue weighted by atomic mass is 16.2. The zero-order chi connectivity index (χ0) is 17.3. The molecule has 3 rings (SSSR count). The van der Waals surface area contributed by atoms with Crippen molar-refractivity contribution in [2.24, 2.45) is 5.73 Å². The lowest BCUT2D eigenvalue weighted by Crippen LogP contribution is -2.36. The zero-order valence-corrected chi connectivity index (χ0v) is 12.6. The maximum atomic E-state index is 12.6. The fraction of sp³-hybridized carbons (Fsp3) is 0.111. The number of nitrogens with zero attached hydrogens (tertiary/aromatic N) is 2. The number of carbonyl (C=O) groups excluding carboxylic acids is 3. The first-order valence-electron chi connectivity index (χ1n) is 7.28. The van der Waals surface area contributed by atoms with Gasteiger partial charge in [0.2, 0.25) is 5.91 Å². The van der Waals surface area contributed by atoms with Crippen molar-refractivity contribution in [3.05, 3.63) is 70.8 Å². The van der Waals surface area contributed by atoms with Gasteiger partial charge in [-0.05, 0) is 29.8 Å². The van der Waals surface area contributed by atoms with Crippen LogP contribution in [0.4, 0.5) is 0 Å². The molecule has 1 aliphatic rings. The molecule has 6 heteroatoms. The molecule has 118 valence electrons. The molecular formula is C18H13N3O3. The Kier molecular flexibility index (Phi) is 3.84. The molecule has 6 nitrogen and oxygen atoms in total. The smallest absolute Gasteiger partial charge is 0.262 e.